The van der Waals surface area contributed by atoms with Crippen molar-refractivity contribution in [2.24, 2.45) is 5.73 Å². The van der Waals surface area contributed by atoms with Crippen LogP contribution < -0.4 is 11.1 Å². The summed E-state index contributed by atoms with van der Waals surface area (Å²) < 4.78 is 22.7. The standard InChI is InChI=1S/C13H20N2O3S/c1-10(15-13(16)4-3-9-14)11-5-7-12(8-6-11)19(2,17)18/h5-8,10H,3-4,9,14H2,1-2H3,(H,15,16). The molecule has 19 heavy (non-hydrogen) atoms. The molecule has 1 amide bonds. The first-order chi connectivity index (χ1) is 8.84. The molecule has 0 fully saturated rings. The lowest BCUT2D eigenvalue weighted by Crippen LogP contribution is -2.26. The highest BCUT2D eigenvalue weighted by Crippen LogP contribution is 2.16. The number of hydrogen-bond donors (Lipinski definition) is 2. The van der Waals surface area contributed by atoms with Gasteiger partial charge in [-0.3, -0.25) is 4.79 Å². The van der Waals surface area contributed by atoms with E-state index in [9.17, 15) is 13.2 Å². The number of sulfone groups is 1. The first-order valence-electron chi connectivity index (χ1n) is 6.14. The van der Waals surface area contributed by atoms with Crippen LogP contribution in [0.5, 0.6) is 0 Å². The summed E-state index contributed by atoms with van der Waals surface area (Å²) in [5.41, 5.74) is 6.21. The van der Waals surface area contributed by atoms with Gasteiger partial charge in [0.25, 0.3) is 0 Å². The lowest BCUT2D eigenvalue weighted by Gasteiger charge is -2.14. The van der Waals surface area contributed by atoms with Gasteiger partial charge in [-0.15, -0.1) is 0 Å². The Balaban J connectivity index is 2.68. The Bertz CT molecular complexity index is 523. The Morgan fingerprint density at radius 2 is 1.89 bits per heavy atom. The Morgan fingerprint density at radius 3 is 2.37 bits per heavy atom. The summed E-state index contributed by atoms with van der Waals surface area (Å²) in [5, 5.41) is 2.85. The summed E-state index contributed by atoms with van der Waals surface area (Å²) in [5.74, 6) is -0.0508. The van der Waals surface area contributed by atoms with Crippen LogP contribution in [0.2, 0.25) is 0 Å². The second-order valence-electron chi connectivity index (χ2n) is 4.52. The van der Waals surface area contributed by atoms with Crippen molar-refractivity contribution in [3.05, 3.63) is 29.8 Å². The first-order valence-corrected chi connectivity index (χ1v) is 8.03. The molecule has 6 heteroatoms. The van der Waals surface area contributed by atoms with Gasteiger partial charge in [0.15, 0.2) is 9.84 Å². The van der Waals surface area contributed by atoms with E-state index in [0.717, 1.165) is 5.56 Å². The molecular weight excluding hydrogens is 264 g/mol. The Labute approximate surface area is 114 Å². The van der Waals surface area contributed by atoms with Gasteiger partial charge in [-0.2, -0.15) is 0 Å². The van der Waals surface area contributed by atoms with Crippen molar-refractivity contribution in [3.8, 4) is 0 Å². The number of benzene rings is 1. The highest BCUT2D eigenvalue weighted by Gasteiger charge is 2.11. The molecule has 1 unspecified atom stereocenters. The molecule has 0 aliphatic heterocycles. The average Bonchev–Trinajstić information content (AvgIpc) is 2.35. The molecule has 1 rings (SSSR count). The van der Waals surface area contributed by atoms with Gasteiger partial charge in [-0.05, 0) is 37.6 Å². The molecule has 0 spiro atoms. The van der Waals surface area contributed by atoms with E-state index in [0.29, 0.717) is 19.4 Å². The molecule has 1 aromatic rings. The van der Waals surface area contributed by atoms with Gasteiger partial charge in [-0.1, -0.05) is 12.1 Å². The van der Waals surface area contributed by atoms with E-state index in [-0.39, 0.29) is 16.8 Å². The fraction of sp³-hybridized carbons (Fsp3) is 0.462. The maximum Gasteiger partial charge on any atom is 0.220 e. The van der Waals surface area contributed by atoms with Gasteiger partial charge in [0.1, 0.15) is 0 Å². The number of rotatable bonds is 6. The van der Waals surface area contributed by atoms with E-state index in [4.69, 9.17) is 5.73 Å². The van der Waals surface area contributed by atoms with E-state index in [1.807, 2.05) is 6.92 Å². The van der Waals surface area contributed by atoms with Crippen molar-refractivity contribution in [2.75, 3.05) is 12.8 Å². The van der Waals surface area contributed by atoms with Crippen LogP contribution in [-0.2, 0) is 14.6 Å². The molecule has 0 aliphatic carbocycles. The van der Waals surface area contributed by atoms with Gasteiger partial charge >= 0.3 is 0 Å². The molecule has 1 atom stereocenters. The number of hydrogen-bond acceptors (Lipinski definition) is 4. The topological polar surface area (TPSA) is 89.3 Å². The van der Waals surface area contributed by atoms with Crippen LogP contribution in [-0.4, -0.2) is 27.1 Å². The lowest BCUT2D eigenvalue weighted by atomic mass is 10.1. The third-order valence-electron chi connectivity index (χ3n) is 2.79. The molecule has 0 aromatic heterocycles. The highest BCUT2D eigenvalue weighted by atomic mass is 32.2. The number of nitrogens with one attached hydrogen (secondary N) is 1. The van der Waals surface area contributed by atoms with E-state index < -0.39 is 9.84 Å². The van der Waals surface area contributed by atoms with E-state index in [1.165, 1.54) is 6.26 Å². The largest absolute Gasteiger partial charge is 0.350 e. The van der Waals surface area contributed by atoms with Crippen LogP contribution in [0.25, 0.3) is 0 Å². The molecule has 0 aliphatic rings. The van der Waals surface area contributed by atoms with Crippen molar-refractivity contribution < 1.29 is 13.2 Å². The minimum Gasteiger partial charge on any atom is -0.350 e. The van der Waals surface area contributed by atoms with Crippen molar-refractivity contribution in [3.63, 3.8) is 0 Å². The Morgan fingerprint density at radius 1 is 1.32 bits per heavy atom. The zero-order valence-corrected chi connectivity index (χ0v) is 12.0. The molecule has 3 N–H and O–H groups in total. The van der Waals surface area contributed by atoms with Crippen molar-refractivity contribution in [1.29, 1.82) is 0 Å². The van der Waals surface area contributed by atoms with Gasteiger partial charge in [0.2, 0.25) is 5.91 Å². The van der Waals surface area contributed by atoms with Gasteiger partial charge in [-0.25, -0.2) is 8.42 Å². The second-order valence-corrected chi connectivity index (χ2v) is 6.54. The summed E-state index contributed by atoms with van der Waals surface area (Å²) in [6.07, 6.45) is 2.23. The second kappa shape index (κ2) is 6.68. The molecule has 5 nitrogen and oxygen atoms in total. The fourth-order valence-electron chi connectivity index (χ4n) is 1.66. The molecule has 0 bridgehead atoms. The third-order valence-corrected chi connectivity index (χ3v) is 3.92. The van der Waals surface area contributed by atoms with Gasteiger partial charge in [0.05, 0.1) is 10.9 Å². The van der Waals surface area contributed by atoms with Gasteiger partial charge in [0, 0.05) is 12.7 Å². The van der Waals surface area contributed by atoms with Crippen molar-refractivity contribution in [1.82, 2.24) is 5.32 Å². The zero-order valence-electron chi connectivity index (χ0n) is 11.2. The van der Waals surface area contributed by atoms with Crippen LogP contribution in [0.15, 0.2) is 29.2 Å². The number of carbonyl (C=O) groups excluding carboxylic acids is 1. The Hall–Kier alpha value is -1.40. The third kappa shape index (κ3) is 5.00. The minimum absolute atomic E-state index is 0.0508. The van der Waals surface area contributed by atoms with Crippen LogP contribution in [0.3, 0.4) is 0 Å². The monoisotopic (exact) mass is 284 g/mol. The molecule has 0 radical (unpaired) electrons. The fourth-order valence-corrected chi connectivity index (χ4v) is 2.29. The molecular formula is C13H20N2O3S. The number of carbonyl (C=O) groups is 1. The van der Waals surface area contributed by atoms with E-state index in [1.54, 1.807) is 24.3 Å². The lowest BCUT2D eigenvalue weighted by molar-refractivity contribution is -0.121. The summed E-state index contributed by atoms with van der Waals surface area (Å²) >= 11 is 0. The SMILES string of the molecule is CC(NC(=O)CCCN)c1ccc(S(C)(=O)=O)cc1. The van der Waals surface area contributed by atoms with E-state index >= 15 is 0 Å². The predicted molar refractivity (Wildman–Crippen MR) is 74.4 cm³/mol. The smallest absolute Gasteiger partial charge is 0.220 e. The van der Waals surface area contributed by atoms with Crippen molar-refractivity contribution in [2.45, 2.75) is 30.7 Å². The van der Waals surface area contributed by atoms with Crippen LogP contribution in [0, 0.1) is 0 Å². The Kier molecular flexibility index (Phi) is 5.50. The average molecular weight is 284 g/mol. The van der Waals surface area contributed by atoms with Gasteiger partial charge < -0.3 is 11.1 Å². The van der Waals surface area contributed by atoms with Crippen LogP contribution >= 0.6 is 0 Å². The molecule has 1 aromatic carbocycles. The highest BCUT2D eigenvalue weighted by molar-refractivity contribution is 7.90. The predicted octanol–water partition coefficient (Wildman–Crippen LogP) is 1.01. The van der Waals surface area contributed by atoms with E-state index in [2.05, 4.69) is 5.32 Å². The summed E-state index contributed by atoms with van der Waals surface area (Å²) in [6.45, 7) is 2.35. The van der Waals surface area contributed by atoms with Crippen LogP contribution in [0.1, 0.15) is 31.4 Å². The van der Waals surface area contributed by atoms with Crippen LogP contribution in [0.4, 0.5) is 0 Å². The minimum atomic E-state index is -3.18. The molecule has 106 valence electrons. The maximum atomic E-state index is 11.5. The maximum absolute atomic E-state index is 11.5. The zero-order chi connectivity index (χ0) is 14.5. The summed E-state index contributed by atoms with van der Waals surface area (Å²) in [6, 6.07) is 6.37. The quantitative estimate of drug-likeness (QED) is 0.815. The van der Waals surface area contributed by atoms with Crippen molar-refractivity contribution >= 4 is 15.7 Å². The summed E-state index contributed by atoms with van der Waals surface area (Å²) in [4.78, 5) is 11.8. The normalized spacial score (nSPS) is 13.0. The number of amides is 1. The first kappa shape index (κ1) is 15.7. The molecule has 0 saturated heterocycles. The number of nitrogens with two attached hydrogens (primary N) is 1. The summed E-state index contributed by atoms with van der Waals surface area (Å²) in [7, 11) is -3.18. The molecule has 0 heterocycles. The molecule has 0 saturated carbocycles.